The number of hydrogen-bond acceptors (Lipinski definition) is 2. The first-order chi connectivity index (χ1) is 9.69. The third-order valence-corrected chi connectivity index (χ3v) is 3.73. The summed E-state index contributed by atoms with van der Waals surface area (Å²) in [7, 11) is 1.98. The van der Waals surface area contributed by atoms with Gasteiger partial charge in [0.2, 0.25) is 0 Å². The molecule has 0 unspecified atom stereocenters. The van der Waals surface area contributed by atoms with Gasteiger partial charge in [0.1, 0.15) is 5.82 Å². The van der Waals surface area contributed by atoms with Crippen molar-refractivity contribution in [1.82, 2.24) is 14.1 Å². The van der Waals surface area contributed by atoms with Gasteiger partial charge in [-0.3, -0.25) is 4.79 Å². The van der Waals surface area contributed by atoms with E-state index < -0.39 is 0 Å². The van der Waals surface area contributed by atoms with Crippen LogP contribution in [-0.2, 0) is 20.0 Å². The highest BCUT2D eigenvalue weighted by Gasteiger charge is 2.09. The topological polar surface area (TPSA) is 39.8 Å². The first kappa shape index (κ1) is 12.9. The lowest BCUT2D eigenvalue weighted by Gasteiger charge is -2.06. The maximum atomic E-state index is 11.1. The summed E-state index contributed by atoms with van der Waals surface area (Å²) in [6.45, 7) is 0.759. The van der Waals surface area contributed by atoms with Crippen molar-refractivity contribution in [1.29, 1.82) is 0 Å². The van der Waals surface area contributed by atoms with Gasteiger partial charge in [-0.2, -0.15) is 0 Å². The molecule has 0 atom stereocenters. The summed E-state index contributed by atoms with van der Waals surface area (Å²) in [5.41, 5.74) is 1.67. The minimum absolute atomic E-state index is 0.672. The quantitative estimate of drug-likeness (QED) is 0.692. The molecule has 20 heavy (non-hydrogen) atoms. The Bertz CT molecular complexity index is 773. The van der Waals surface area contributed by atoms with Crippen LogP contribution < -0.4 is 0 Å². The van der Waals surface area contributed by atoms with Crippen molar-refractivity contribution in [2.75, 3.05) is 0 Å². The molecule has 3 rings (SSSR count). The molecule has 4 nitrogen and oxygen atoms in total. The lowest BCUT2D eigenvalue weighted by molar-refractivity contribution is 0.112. The van der Waals surface area contributed by atoms with E-state index in [-0.39, 0.29) is 0 Å². The summed E-state index contributed by atoms with van der Waals surface area (Å²) in [5.74, 6) is 1.02. The third kappa shape index (κ3) is 2.23. The second-order valence-electron chi connectivity index (χ2n) is 4.76. The van der Waals surface area contributed by atoms with E-state index >= 15 is 0 Å². The predicted molar refractivity (Wildman–Crippen MR) is 79.2 cm³/mol. The molecule has 5 heteroatoms. The van der Waals surface area contributed by atoms with E-state index in [9.17, 15) is 4.79 Å². The number of imidazole rings is 1. The second-order valence-corrected chi connectivity index (χ2v) is 5.20. The van der Waals surface area contributed by atoms with E-state index in [4.69, 9.17) is 11.6 Å². The summed E-state index contributed by atoms with van der Waals surface area (Å²) in [6, 6.07) is 5.58. The Hall–Kier alpha value is -2.07. The van der Waals surface area contributed by atoms with Crippen LogP contribution in [0.15, 0.2) is 36.8 Å². The van der Waals surface area contributed by atoms with E-state index in [2.05, 4.69) is 9.55 Å². The Balaban J connectivity index is 1.96. The highest BCUT2D eigenvalue weighted by atomic mass is 35.5. The summed E-state index contributed by atoms with van der Waals surface area (Å²) >= 11 is 6.05. The van der Waals surface area contributed by atoms with Crippen LogP contribution >= 0.6 is 11.6 Å². The van der Waals surface area contributed by atoms with Crippen molar-refractivity contribution in [2.24, 2.45) is 7.05 Å². The van der Waals surface area contributed by atoms with Crippen LogP contribution in [0.25, 0.3) is 10.9 Å². The number of halogens is 1. The summed E-state index contributed by atoms with van der Waals surface area (Å²) in [6.07, 6.45) is 7.27. The summed E-state index contributed by atoms with van der Waals surface area (Å²) in [4.78, 5) is 15.5. The van der Waals surface area contributed by atoms with Crippen molar-refractivity contribution >= 4 is 28.8 Å². The molecule has 0 fully saturated rings. The summed E-state index contributed by atoms with van der Waals surface area (Å²) in [5, 5.41) is 1.61. The first-order valence-electron chi connectivity index (χ1n) is 6.39. The van der Waals surface area contributed by atoms with Crippen LogP contribution in [0.3, 0.4) is 0 Å². The van der Waals surface area contributed by atoms with Crippen LogP contribution in [0, 0.1) is 0 Å². The molecule has 0 radical (unpaired) electrons. The third-order valence-electron chi connectivity index (χ3n) is 3.50. The monoisotopic (exact) mass is 287 g/mol. The molecule has 2 aromatic heterocycles. The molecule has 0 bridgehead atoms. The van der Waals surface area contributed by atoms with Crippen LogP contribution in [0.2, 0.25) is 5.02 Å². The lowest BCUT2D eigenvalue weighted by atomic mass is 10.2. The molecular weight excluding hydrogens is 274 g/mol. The normalized spacial score (nSPS) is 11.1. The molecule has 3 aromatic rings. The van der Waals surface area contributed by atoms with Crippen molar-refractivity contribution in [3.05, 3.63) is 53.2 Å². The zero-order valence-electron chi connectivity index (χ0n) is 11.1. The molecule has 1 aromatic carbocycles. The Morgan fingerprint density at radius 3 is 2.95 bits per heavy atom. The molecule has 0 aliphatic rings. The van der Waals surface area contributed by atoms with Gasteiger partial charge in [-0.25, -0.2) is 4.98 Å². The number of carbonyl (C=O) groups is 1. The van der Waals surface area contributed by atoms with Crippen molar-refractivity contribution < 1.29 is 4.79 Å². The van der Waals surface area contributed by atoms with E-state index in [0.717, 1.165) is 36.0 Å². The zero-order chi connectivity index (χ0) is 14.1. The van der Waals surface area contributed by atoms with Gasteiger partial charge in [0.05, 0.1) is 5.52 Å². The molecule has 0 spiro atoms. The first-order valence-corrected chi connectivity index (χ1v) is 6.76. The van der Waals surface area contributed by atoms with Crippen molar-refractivity contribution in [3.63, 3.8) is 0 Å². The Morgan fingerprint density at radius 1 is 1.40 bits per heavy atom. The average molecular weight is 288 g/mol. The standard InChI is InChI=1S/C15H14ClN3O/c1-18-7-5-17-15(18)4-6-19-9-11(10-20)13-3-2-12(16)8-14(13)19/h2-3,5,7-10H,4,6H2,1H3. The van der Waals surface area contributed by atoms with Gasteiger partial charge in [-0.15, -0.1) is 0 Å². The minimum atomic E-state index is 0.672. The maximum absolute atomic E-state index is 11.1. The number of benzene rings is 1. The molecule has 0 N–H and O–H groups in total. The number of rotatable bonds is 4. The van der Waals surface area contributed by atoms with Gasteiger partial charge >= 0.3 is 0 Å². The highest BCUT2D eigenvalue weighted by Crippen LogP contribution is 2.24. The largest absolute Gasteiger partial charge is 0.346 e. The minimum Gasteiger partial charge on any atom is -0.346 e. The van der Waals surface area contributed by atoms with Gasteiger partial charge in [0.25, 0.3) is 0 Å². The Labute approximate surface area is 121 Å². The number of hydrogen-bond donors (Lipinski definition) is 0. The van der Waals surface area contributed by atoms with Gasteiger partial charge in [-0.05, 0) is 12.1 Å². The maximum Gasteiger partial charge on any atom is 0.152 e. The number of nitrogens with zero attached hydrogens (tertiary/aromatic N) is 3. The van der Waals surface area contributed by atoms with Crippen molar-refractivity contribution in [2.45, 2.75) is 13.0 Å². The van der Waals surface area contributed by atoms with Crippen LogP contribution in [0.5, 0.6) is 0 Å². The number of aryl methyl sites for hydroxylation is 3. The molecule has 0 saturated carbocycles. The van der Waals surface area contributed by atoms with Crippen LogP contribution in [0.1, 0.15) is 16.2 Å². The molecule has 0 aliphatic heterocycles. The number of carbonyl (C=O) groups excluding carboxylic acids is 1. The molecule has 0 amide bonds. The van der Waals surface area contributed by atoms with Gasteiger partial charge < -0.3 is 9.13 Å². The molecule has 0 aliphatic carbocycles. The van der Waals surface area contributed by atoms with Gasteiger partial charge in [0, 0.05) is 54.6 Å². The Kier molecular flexibility index (Phi) is 3.32. The lowest BCUT2D eigenvalue weighted by Crippen LogP contribution is -2.04. The molecule has 2 heterocycles. The van der Waals surface area contributed by atoms with E-state index in [1.165, 1.54) is 0 Å². The predicted octanol–water partition coefficient (Wildman–Crippen LogP) is 3.08. The Morgan fingerprint density at radius 2 is 2.25 bits per heavy atom. The van der Waals surface area contributed by atoms with E-state index in [1.807, 2.05) is 36.1 Å². The molecule has 0 saturated heterocycles. The zero-order valence-corrected chi connectivity index (χ0v) is 11.8. The number of fused-ring (bicyclic) bond motifs is 1. The number of aromatic nitrogens is 3. The van der Waals surface area contributed by atoms with Crippen LogP contribution in [0.4, 0.5) is 0 Å². The van der Waals surface area contributed by atoms with Gasteiger partial charge in [0.15, 0.2) is 6.29 Å². The fourth-order valence-electron chi connectivity index (χ4n) is 2.43. The SMILES string of the molecule is Cn1ccnc1CCn1cc(C=O)c2ccc(Cl)cc21. The fourth-order valence-corrected chi connectivity index (χ4v) is 2.60. The van der Waals surface area contributed by atoms with E-state index in [1.54, 1.807) is 12.3 Å². The van der Waals surface area contributed by atoms with Crippen LogP contribution in [-0.4, -0.2) is 20.4 Å². The molecule has 102 valence electrons. The summed E-state index contributed by atoms with van der Waals surface area (Å²) < 4.78 is 4.05. The number of aldehydes is 1. The fraction of sp³-hybridized carbons (Fsp3) is 0.200. The van der Waals surface area contributed by atoms with Crippen molar-refractivity contribution in [3.8, 4) is 0 Å². The smallest absolute Gasteiger partial charge is 0.152 e. The highest BCUT2D eigenvalue weighted by molar-refractivity contribution is 6.31. The van der Waals surface area contributed by atoms with Gasteiger partial charge in [-0.1, -0.05) is 17.7 Å². The molecular formula is C15H14ClN3O. The van der Waals surface area contributed by atoms with E-state index in [0.29, 0.717) is 10.6 Å². The average Bonchev–Trinajstić information content (AvgIpc) is 3.00. The second kappa shape index (κ2) is 5.13.